The van der Waals surface area contributed by atoms with Crippen molar-refractivity contribution in [3.05, 3.63) is 130 Å². The molecule has 0 fully saturated rings. The van der Waals surface area contributed by atoms with E-state index in [1.54, 1.807) is 39.0 Å². The molecule has 3 N–H and O–H groups in total. The highest BCUT2D eigenvalue weighted by Crippen LogP contribution is 2.37. The molecule has 4 aromatic carbocycles. The number of benzene rings is 4. The summed E-state index contributed by atoms with van der Waals surface area (Å²) in [7, 11) is -4.02. The summed E-state index contributed by atoms with van der Waals surface area (Å²) in [6.45, 7) is 7.12. The number of fused-ring (bicyclic) bond motifs is 2. The van der Waals surface area contributed by atoms with Gasteiger partial charge in [0, 0.05) is 5.56 Å². The summed E-state index contributed by atoms with van der Waals surface area (Å²) in [5.74, 6) is -1.67. The highest BCUT2D eigenvalue weighted by molar-refractivity contribution is 7.85. The number of hydrogen-bond donors (Lipinski definition) is 2. The number of nitrogen functional groups attached to an aromatic ring is 1. The van der Waals surface area contributed by atoms with Crippen molar-refractivity contribution in [2.75, 3.05) is 5.73 Å². The third-order valence-electron chi connectivity index (χ3n) is 8.16. The molecule has 0 amide bonds. The fourth-order valence-corrected chi connectivity index (χ4v) is 6.19. The predicted molar refractivity (Wildman–Crippen MR) is 194 cm³/mol. The van der Waals surface area contributed by atoms with Gasteiger partial charge in [0.2, 0.25) is 5.43 Å². The zero-order valence-electron chi connectivity index (χ0n) is 28.7. The van der Waals surface area contributed by atoms with Gasteiger partial charge in [-0.15, -0.1) is 0 Å². The molecule has 1 atom stereocenters. The van der Waals surface area contributed by atoms with Crippen molar-refractivity contribution in [3.8, 4) is 28.1 Å². The Kier molecular flexibility index (Phi) is 10.1. The summed E-state index contributed by atoms with van der Waals surface area (Å²) in [6, 6.07) is 19.0. The Morgan fingerprint density at radius 2 is 1.58 bits per heavy atom. The smallest absolute Gasteiger partial charge is 0.294 e. The van der Waals surface area contributed by atoms with E-state index in [2.05, 4.69) is 9.97 Å². The first-order valence-corrected chi connectivity index (χ1v) is 17.6. The van der Waals surface area contributed by atoms with Gasteiger partial charge in [0.25, 0.3) is 10.1 Å². The highest BCUT2D eigenvalue weighted by atomic mass is 32.2. The number of rotatable bonds is 7. The number of ether oxygens (including phenoxy) is 1. The number of aryl methyl sites for hydroxylation is 1. The number of halogens is 3. The van der Waals surface area contributed by atoms with E-state index in [9.17, 15) is 26.4 Å². The number of hydrogen-bond acceptors (Lipinski definition) is 9. The van der Waals surface area contributed by atoms with E-state index in [0.717, 1.165) is 11.6 Å². The fourth-order valence-electron chi connectivity index (χ4n) is 5.71. The Morgan fingerprint density at radius 1 is 0.868 bits per heavy atom. The normalized spacial score (nSPS) is 12.2. The molecule has 7 rings (SSSR count). The van der Waals surface area contributed by atoms with Crippen LogP contribution in [-0.4, -0.2) is 38.8 Å². The maximum atomic E-state index is 15.0. The van der Waals surface area contributed by atoms with Gasteiger partial charge < -0.3 is 14.9 Å². The first-order chi connectivity index (χ1) is 25.1. The van der Waals surface area contributed by atoms with Crippen molar-refractivity contribution >= 4 is 37.9 Å². The van der Waals surface area contributed by atoms with Crippen LogP contribution in [0.3, 0.4) is 0 Å². The molecule has 0 aliphatic rings. The molecule has 0 bridgehead atoms. The molecule has 0 unspecified atom stereocenters. The summed E-state index contributed by atoms with van der Waals surface area (Å²) < 4.78 is 86.8. The SMILES string of the molecule is CC(C)Oc1ccc(-c2nn([C@@H](C)c3oc4cccc(F)c4c(=O)c3-c3cccc(F)c3)c3ncnc(N)c23)cc1F.Cc1ccc(S(=O)(=O)O)cc1. The van der Waals surface area contributed by atoms with Gasteiger partial charge >= 0.3 is 0 Å². The van der Waals surface area contributed by atoms with Gasteiger partial charge in [-0.25, -0.2) is 27.8 Å². The molecule has 0 aliphatic carbocycles. The molecule has 0 saturated carbocycles. The first kappa shape index (κ1) is 36.7. The summed E-state index contributed by atoms with van der Waals surface area (Å²) >= 11 is 0. The molecule has 3 aromatic heterocycles. The molecule has 0 radical (unpaired) electrons. The monoisotopic (exact) mass is 743 g/mol. The standard InChI is InChI=1S/C31H24F3N5O3.C7H8O3S/c1-15(2)41-22-11-10-18(13-21(22)34)27-26-30(35)36-14-37-31(26)39(38-27)16(3)29-24(17-6-4-7-19(32)12-17)28(40)25-20(33)8-5-9-23(25)42-29;1-6-2-4-7(5-3-6)11(8,9)10/h4-16H,1-3H3,(H2,35,36,37);2-5H,1H3,(H,8,9,10)/t16-;/m0./s1. The van der Waals surface area contributed by atoms with Crippen molar-refractivity contribution in [3.63, 3.8) is 0 Å². The molecule has 3 heterocycles. The van der Waals surface area contributed by atoms with E-state index >= 15 is 0 Å². The lowest BCUT2D eigenvalue weighted by molar-refractivity contribution is 0.231. The minimum Gasteiger partial charge on any atom is -0.488 e. The third-order valence-corrected chi connectivity index (χ3v) is 9.03. The molecular weight excluding hydrogens is 712 g/mol. The molecule has 11 nitrogen and oxygen atoms in total. The maximum absolute atomic E-state index is 15.0. The lowest BCUT2D eigenvalue weighted by Gasteiger charge is -2.17. The van der Waals surface area contributed by atoms with Gasteiger partial charge in [-0.2, -0.15) is 13.5 Å². The van der Waals surface area contributed by atoms with Gasteiger partial charge in [-0.05, 0) is 87.9 Å². The molecule has 53 heavy (non-hydrogen) atoms. The Morgan fingerprint density at radius 3 is 2.25 bits per heavy atom. The summed E-state index contributed by atoms with van der Waals surface area (Å²) in [4.78, 5) is 22.2. The van der Waals surface area contributed by atoms with Crippen molar-refractivity contribution in [1.29, 1.82) is 0 Å². The van der Waals surface area contributed by atoms with Crippen LogP contribution in [-0.2, 0) is 10.1 Å². The number of aromatic nitrogens is 4. The zero-order valence-corrected chi connectivity index (χ0v) is 29.5. The van der Waals surface area contributed by atoms with E-state index < -0.39 is 39.0 Å². The molecule has 15 heteroatoms. The van der Waals surface area contributed by atoms with Crippen LogP contribution in [0.15, 0.2) is 105 Å². The van der Waals surface area contributed by atoms with Gasteiger partial charge in [0.05, 0.1) is 21.9 Å². The molecule has 272 valence electrons. The van der Waals surface area contributed by atoms with E-state index in [0.29, 0.717) is 10.9 Å². The van der Waals surface area contributed by atoms with Gasteiger partial charge in [0.1, 0.15) is 52.2 Å². The van der Waals surface area contributed by atoms with Crippen LogP contribution in [0.1, 0.15) is 38.1 Å². The minimum atomic E-state index is -4.02. The van der Waals surface area contributed by atoms with Crippen molar-refractivity contribution in [1.82, 2.24) is 19.7 Å². The van der Waals surface area contributed by atoms with Crippen LogP contribution in [0.2, 0.25) is 0 Å². The molecular formula is C38H32F3N5O6S. The Labute approximate surface area is 301 Å². The Bertz CT molecular complexity index is 2660. The second kappa shape index (κ2) is 14.5. The van der Waals surface area contributed by atoms with Crippen molar-refractivity contribution < 1.29 is 35.3 Å². The summed E-state index contributed by atoms with van der Waals surface area (Å²) in [6.07, 6.45) is 1.03. The second-order valence-corrected chi connectivity index (χ2v) is 13.7. The molecule has 0 aliphatic heterocycles. The van der Waals surface area contributed by atoms with Crippen LogP contribution < -0.4 is 15.9 Å². The van der Waals surface area contributed by atoms with E-state index in [-0.39, 0.29) is 61.8 Å². The lowest BCUT2D eigenvalue weighted by Crippen LogP contribution is -2.17. The predicted octanol–water partition coefficient (Wildman–Crippen LogP) is 7.90. The van der Waals surface area contributed by atoms with Crippen molar-refractivity contribution in [2.45, 2.75) is 44.7 Å². The summed E-state index contributed by atoms with van der Waals surface area (Å²) in [5.41, 5.74) is 7.66. The average Bonchev–Trinajstić information content (AvgIpc) is 3.49. The van der Waals surface area contributed by atoms with Crippen LogP contribution in [0.25, 0.3) is 44.4 Å². The van der Waals surface area contributed by atoms with Crippen LogP contribution in [0.4, 0.5) is 19.0 Å². The largest absolute Gasteiger partial charge is 0.488 e. The van der Waals surface area contributed by atoms with Gasteiger partial charge in [-0.3, -0.25) is 9.35 Å². The Hall–Kier alpha value is -6.06. The quantitative estimate of drug-likeness (QED) is 0.153. The maximum Gasteiger partial charge on any atom is 0.294 e. The van der Waals surface area contributed by atoms with Crippen LogP contribution in [0, 0.1) is 24.4 Å². The summed E-state index contributed by atoms with van der Waals surface area (Å²) in [5, 5.41) is 4.81. The number of anilines is 1. The minimum absolute atomic E-state index is 0.00985. The van der Waals surface area contributed by atoms with E-state index in [1.165, 1.54) is 71.7 Å². The second-order valence-electron chi connectivity index (χ2n) is 12.3. The van der Waals surface area contributed by atoms with Crippen LogP contribution >= 0.6 is 0 Å². The fraction of sp³-hybridized carbons (Fsp3) is 0.158. The van der Waals surface area contributed by atoms with Crippen molar-refractivity contribution in [2.24, 2.45) is 0 Å². The third kappa shape index (κ3) is 7.47. The highest BCUT2D eigenvalue weighted by Gasteiger charge is 2.28. The van der Waals surface area contributed by atoms with Gasteiger partial charge in [-0.1, -0.05) is 35.9 Å². The molecule has 7 aromatic rings. The lowest BCUT2D eigenvalue weighted by atomic mass is 9.99. The molecule has 0 spiro atoms. The Balaban J connectivity index is 0.000000376. The average molecular weight is 744 g/mol. The van der Waals surface area contributed by atoms with E-state index in [1.807, 2.05) is 6.92 Å². The van der Waals surface area contributed by atoms with Crippen LogP contribution in [0.5, 0.6) is 5.75 Å². The number of nitrogens with zero attached hydrogens (tertiary/aromatic N) is 4. The molecule has 0 saturated heterocycles. The number of nitrogens with two attached hydrogens (primary N) is 1. The van der Waals surface area contributed by atoms with Gasteiger partial charge in [0.15, 0.2) is 17.2 Å². The van der Waals surface area contributed by atoms with E-state index in [4.69, 9.17) is 24.5 Å². The topological polar surface area (TPSA) is 163 Å². The first-order valence-electron chi connectivity index (χ1n) is 16.1. The zero-order chi connectivity index (χ0) is 38.2.